The molecule has 2 N–H and O–H groups in total. The Bertz CT molecular complexity index is 508. The van der Waals surface area contributed by atoms with Gasteiger partial charge in [0.2, 0.25) is 0 Å². The molecule has 0 aliphatic rings. The highest BCUT2D eigenvalue weighted by atomic mass is 32.2. The zero-order chi connectivity index (χ0) is 14.6. The van der Waals surface area contributed by atoms with Crippen molar-refractivity contribution in [1.82, 2.24) is 0 Å². The number of nitrogens with zero attached hydrogens (tertiary/aromatic N) is 1. The van der Waals surface area contributed by atoms with Crippen LogP contribution in [0.2, 0.25) is 0 Å². The van der Waals surface area contributed by atoms with Crippen molar-refractivity contribution in [2.75, 3.05) is 6.61 Å². The minimum Gasteiger partial charge on any atom is -0.478 e. The van der Waals surface area contributed by atoms with Crippen LogP contribution in [0.4, 0.5) is 10.1 Å². The third kappa shape index (κ3) is 3.90. The second kappa shape index (κ2) is 6.48. The molecule has 104 valence electrons. The van der Waals surface area contributed by atoms with Gasteiger partial charge in [-0.1, -0.05) is 6.92 Å². The second-order valence-electron chi connectivity index (χ2n) is 3.80. The summed E-state index contributed by atoms with van der Waals surface area (Å²) in [5.41, 5.74) is -1.18. The number of hydrogen-bond acceptors (Lipinski definition) is 5. The van der Waals surface area contributed by atoms with Crippen LogP contribution >= 0.6 is 11.8 Å². The minimum atomic E-state index is -1.56. The number of halogens is 1. The highest BCUT2D eigenvalue weighted by Gasteiger charge is 2.23. The Labute approximate surface area is 112 Å². The first-order valence-corrected chi connectivity index (χ1v) is 6.23. The van der Waals surface area contributed by atoms with Gasteiger partial charge in [-0.15, -0.1) is 11.8 Å². The largest absolute Gasteiger partial charge is 0.478 e. The van der Waals surface area contributed by atoms with Gasteiger partial charge in [-0.05, 0) is 12.5 Å². The summed E-state index contributed by atoms with van der Waals surface area (Å²) in [4.78, 5) is 20.9. The number of rotatable bonds is 6. The average Bonchev–Trinajstić information content (AvgIpc) is 2.28. The van der Waals surface area contributed by atoms with Gasteiger partial charge in [0.25, 0.3) is 5.69 Å². The maximum Gasteiger partial charge on any atom is 0.338 e. The first kappa shape index (κ1) is 15.4. The normalized spacial score (nSPS) is 12.2. The minimum absolute atomic E-state index is 0.0495. The lowest BCUT2D eigenvalue weighted by atomic mass is 10.2. The predicted molar refractivity (Wildman–Crippen MR) is 67.0 cm³/mol. The van der Waals surface area contributed by atoms with E-state index in [-0.39, 0.29) is 16.8 Å². The molecule has 1 atom stereocenters. The van der Waals surface area contributed by atoms with Crippen molar-refractivity contribution < 1.29 is 24.3 Å². The molecule has 0 saturated carbocycles. The molecular weight excluding hydrogens is 277 g/mol. The molecule has 0 aliphatic carbocycles. The molecule has 0 bridgehead atoms. The summed E-state index contributed by atoms with van der Waals surface area (Å²) in [6.45, 7) is 1.64. The van der Waals surface area contributed by atoms with E-state index >= 15 is 0 Å². The van der Waals surface area contributed by atoms with Crippen molar-refractivity contribution in [3.05, 3.63) is 33.6 Å². The molecule has 0 fully saturated rings. The number of aromatic carboxylic acids is 1. The van der Waals surface area contributed by atoms with E-state index in [2.05, 4.69) is 0 Å². The van der Waals surface area contributed by atoms with Crippen LogP contribution in [0, 0.1) is 15.9 Å². The summed E-state index contributed by atoms with van der Waals surface area (Å²) in [6.07, 6.45) is 0.393. The zero-order valence-corrected chi connectivity index (χ0v) is 10.8. The standard InChI is InChI=1S/C11H12FNO5S/c1-6(2-3-14)19-10-5-8(12)7(11(15)16)4-9(10)13(17)18/h4-6,14H,2-3H2,1H3,(H,15,16). The molecule has 1 aromatic rings. The molecule has 0 aromatic heterocycles. The fourth-order valence-electron chi connectivity index (χ4n) is 1.40. The second-order valence-corrected chi connectivity index (χ2v) is 5.28. The van der Waals surface area contributed by atoms with Crippen molar-refractivity contribution in [2.24, 2.45) is 0 Å². The van der Waals surface area contributed by atoms with E-state index in [0.717, 1.165) is 17.8 Å². The number of carbonyl (C=O) groups is 1. The van der Waals surface area contributed by atoms with Crippen LogP contribution in [0.15, 0.2) is 17.0 Å². The molecular formula is C11H12FNO5S. The van der Waals surface area contributed by atoms with Gasteiger partial charge in [-0.3, -0.25) is 10.1 Å². The predicted octanol–water partition coefficient (Wildman–Crippen LogP) is 2.30. The first-order valence-electron chi connectivity index (χ1n) is 5.35. The van der Waals surface area contributed by atoms with E-state index in [1.54, 1.807) is 6.92 Å². The Morgan fingerprint density at radius 1 is 1.58 bits per heavy atom. The molecule has 1 unspecified atom stereocenters. The SMILES string of the molecule is CC(CCO)Sc1cc(F)c(C(=O)O)cc1[N+](=O)[O-]. The Morgan fingerprint density at radius 3 is 2.68 bits per heavy atom. The fraction of sp³-hybridized carbons (Fsp3) is 0.364. The zero-order valence-electron chi connectivity index (χ0n) is 10.00. The Hall–Kier alpha value is -1.67. The van der Waals surface area contributed by atoms with Crippen molar-refractivity contribution in [2.45, 2.75) is 23.5 Å². The molecule has 0 heterocycles. The lowest BCUT2D eigenvalue weighted by Crippen LogP contribution is -2.05. The maximum absolute atomic E-state index is 13.5. The summed E-state index contributed by atoms with van der Waals surface area (Å²) >= 11 is 1.02. The molecule has 0 saturated heterocycles. The third-order valence-corrected chi connectivity index (χ3v) is 3.56. The first-order chi connectivity index (χ1) is 8.86. The van der Waals surface area contributed by atoms with Gasteiger partial charge in [0.15, 0.2) is 0 Å². The van der Waals surface area contributed by atoms with Gasteiger partial charge in [-0.25, -0.2) is 9.18 Å². The number of carboxylic acid groups (broad SMARTS) is 1. The van der Waals surface area contributed by atoms with Gasteiger partial charge in [0, 0.05) is 17.9 Å². The summed E-state index contributed by atoms with van der Waals surface area (Å²) in [5, 5.41) is 28.2. The Balaban J connectivity index is 3.19. The summed E-state index contributed by atoms with van der Waals surface area (Å²) in [6, 6.07) is 1.56. The maximum atomic E-state index is 13.5. The molecule has 0 amide bonds. The van der Waals surface area contributed by atoms with Crippen LogP contribution in [-0.2, 0) is 0 Å². The monoisotopic (exact) mass is 289 g/mol. The van der Waals surface area contributed by atoms with Crippen LogP contribution in [0.5, 0.6) is 0 Å². The van der Waals surface area contributed by atoms with E-state index in [0.29, 0.717) is 12.5 Å². The number of carboxylic acids is 1. The van der Waals surface area contributed by atoms with E-state index in [1.165, 1.54) is 0 Å². The van der Waals surface area contributed by atoms with Crippen LogP contribution in [-0.4, -0.2) is 33.0 Å². The molecule has 19 heavy (non-hydrogen) atoms. The Kier molecular flexibility index (Phi) is 5.25. The quantitative estimate of drug-likeness (QED) is 0.473. The van der Waals surface area contributed by atoms with Gasteiger partial charge in [0.1, 0.15) is 11.4 Å². The van der Waals surface area contributed by atoms with E-state index in [4.69, 9.17) is 10.2 Å². The molecule has 1 rings (SSSR count). The summed E-state index contributed by atoms with van der Waals surface area (Å²) < 4.78 is 13.5. The number of aliphatic hydroxyl groups is 1. The van der Waals surface area contributed by atoms with Crippen molar-refractivity contribution in [3.63, 3.8) is 0 Å². The highest BCUT2D eigenvalue weighted by Crippen LogP contribution is 2.35. The number of nitro benzene ring substituents is 1. The molecule has 6 nitrogen and oxygen atoms in total. The summed E-state index contributed by atoms with van der Waals surface area (Å²) in [5.74, 6) is -2.57. The van der Waals surface area contributed by atoms with Crippen molar-refractivity contribution >= 4 is 23.4 Å². The van der Waals surface area contributed by atoms with Gasteiger partial charge in [-0.2, -0.15) is 0 Å². The average molecular weight is 289 g/mol. The van der Waals surface area contributed by atoms with Gasteiger partial charge >= 0.3 is 5.97 Å². The van der Waals surface area contributed by atoms with Gasteiger partial charge < -0.3 is 10.2 Å². The smallest absolute Gasteiger partial charge is 0.338 e. The molecule has 8 heteroatoms. The van der Waals surface area contributed by atoms with Crippen LogP contribution in [0.3, 0.4) is 0 Å². The van der Waals surface area contributed by atoms with Crippen LogP contribution in [0.1, 0.15) is 23.7 Å². The topological polar surface area (TPSA) is 101 Å². The number of hydrogen-bond donors (Lipinski definition) is 2. The van der Waals surface area contributed by atoms with E-state index in [1.807, 2.05) is 0 Å². The lowest BCUT2D eigenvalue weighted by molar-refractivity contribution is -0.387. The van der Waals surface area contributed by atoms with Crippen LogP contribution < -0.4 is 0 Å². The molecule has 0 spiro atoms. The Morgan fingerprint density at radius 2 is 2.21 bits per heavy atom. The highest BCUT2D eigenvalue weighted by molar-refractivity contribution is 8.00. The van der Waals surface area contributed by atoms with Crippen molar-refractivity contribution in [1.29, 1.82) is 0 Å². The van der Waals surface area contributed by atoms with E-state index in [9.17, 15) is 19.3 Å². The molecule has 1 aromatic carbocycles. The van der Waals surface area contributed by atoms with Crippen LogP contribution in [0.25, 0.3) is 0 Å². The fourth-order valence-corrected chi connectivity index (χ4v) is 2.48. The molecule has 0 radical (unpaired) electrons. The third-order valence-electron chi connectivity index (χ3n) is 2.34. The number of nitro groups is 1. The number of aliphatic hydroxyl groups excluding tert-OH is 1. The molecule has 0 aliphatic heterocycles. The number of thioether (sulfide) groups is 1. The lowest BCUT2D eigenvalue weighted by Gasteiger charge is -2.10. The van der Waals surface area contributed by atoms with Gasteiger partial charge in [0.05, 0.1) is 9.82 Å². The summed E-state index contributed by atoms with van der Waals surface area (Å²) in [7, 11) is 0. The van der Waals surface area contributed by atoms with E-state index < -0.39 is 28.0 Å². The van der Waals surface area contributed by atoms with Crippen molar-refractivity contribution in [3.8, 4) is 0 Å². The number of benzene rings is 1.